The van der Waals surface area contributed by atoms with E-state index in [1.165, 1.54) is 25.0 Å². The van der Waals surface area contributed by atoms with Gasteiger partial charge in [-0.25, -0.2) is 0 Å². The average Bonchev–Trinajstić information content (AvgIpc) is 3.08. The summed E-state index contributed by atoms with van der Waals surface area (Å²) in [5.41, 5.74) is 1.19. The summed E-state index contributed by atoms with van der Waals surface area (Å²) in [4.78, 5) is 17.6. The van der Waals surface area contributed by atoms with Crippen molar-refractivity contribution in [1.82, 2.24) is 0 Å². The fourth-order valence-corrected chi connectivity index (χ4v) is 8.59. The van der Waals surface area contributed by atoms with E-state index in [0.717, 1.165) is 44.9 Å². The molecule has 1 rings (SSSR count). The van der Waals surface area contributed by atoms with Crippen LogP contribution in [0.15, 0.2) is 17.3 Å². The van der Waals surface area contributed by atoms with Crippen LogP contribution in [0, 0.1) is 11.8 Å². The number of unbranched alkanes of at least 4 members (excludes halogenated alkanes) is 3. The molecule has 0 radical (unpaired) electrons. The molecule has 0 aromatic heterocycles. The van der Waals surface area contributed by atoms with Gasteiger partial charge in [-0.2, -0.15) is 0 Å². The molecule has 1 fully saturated rings. The van der Waals surface area contributed by atoms with E-state index < -0.39 is 25.0 Å². The van der Waals surface area contributed by atoms with Crippen LogP contribution in [0.4, 0.5) is 0 Å². The van der Waals surface area contributed by atoms with Gasteiger partial charge in [0, 0.05) is 6.42 Å². The molecule has 4 atom stereocenters. The minimum atomic E-state index is -1.81. The van der Waals surface area contributed by atoms with Crippen molar-refractivity contribution in [1.29, 1.82) is 0 Å². The molecule has 0 aromatic rings. The summed E-state index contributed by atoms with van der Waals surface area (Å²) in [5, 5.41) is 4.52. The molecule has 0 heterocycles. The number of hydrogen-bond donors (Lipinski definition) is 0. The van der Waals surface area contributed by atoms with Crippen molar-refractivity contribution in [2.45, 2.75) is 156 Å². The summed E-state index contributed by atoms with van der Waals surface area (Å²) < 4.78 is 19.2. The maximum atomic E-state index is 12.1. The van der Waals surface area contributed by atoms with Crippen LogP contribution in [0.5, 0.6) is 0 Å². The van der Waals surface area contributed by atoms with Crippen molar-refractivity contribution in [2.24, 2.45) is 17.0 Å². The smallest absolute Gasteiger partial charge is 0.292 e. The van der Waals surface area contributed by atoms with Crippen LogP contribution >= 0.6 is 0 Å². The van der Waals surface area contributed by atoms with Gasteiger partial charge >= 0.3 is 0 Å². The van der Waals surface area contributed by atoms with E-state index in [1.54, 1.807) is 0 Å². The number of carbonyl (C=O) groups is 1. The minimum absolute atomic E-state index is 0.0539. The lowest BCUT2D eigenvalue weighted by molar-refractivity contribution is -0.135. The van der Waals surface area contributed by atoms with E-state index in [1.807, 2.05) is 6.92 Å². The molecule has 0 aromatic carbocycles. The Labute approximate surface area is 250 Å². The van der Waals surface area contributed by atoms with Crippen molar-refractivity contribution in [2.75, 3.05) is 6.61 Å². The second-order valence-electron chi connectivity index (χ2n) is 14.4. The third-order valence-electron chi connectivity index (χ3n) is 6.88. The number of hydrogen-bond acceptors (Lipinski definition) is 6. The Morgan fingerprint density at radius 1 is 0.775 bits per heavy atom. The van der Waals surface area contributed by atoms with Crippen LogP contribution in [0.2, 0.25) is 58.9 Å². The number of allylic oxidation sites excluding steroid dienone is 2. The van der Waals surface area contributed by atoms with E-state index in [4.69, 9.17) is 18.1 Å². The molecule has 6 nitrogen and oxygen atoms in total. The van der Waals surface area contributed by atoms with Crippen LogP contribution in [0.1, 0.15) is 84.5 Å². The first-order valence-corrected chi connectivity index (χ1v) is 26.2. The van der Waals surface area contributed by atoms with Gasteiger partial charge in [-0.15, -0.1) is 0 Å². The Morgan fingerprint density at radius 3 is 1.95 bits per heavy atom. The molecule has 0 spiro atoms. The topological polar surface area (TPSA) is 66.4 Å². The first-order valence-electron chi connectivity index (χ1n) is 15.9. The van der Waals surface area contributed by atoms with Crippen molar-refractivity contribution in [3.8, 4) is 0 Å². The third-order valence-corrected chi connectivity index (χ3v) is 9.74. The van der Waals surface area contributed by atoms with Crippen LogP contribution in [0.25, 0.3) is 0 Å². The largest absolute Gasteiger partial charge is 0.520 e. The third kappa shape index (κ3) is 17.3. The lowest BCUT2D eigenvalue weighted by atomic mass is 9.86. The summed E-state index contributed by atoms with van der Waals surface area (Å²) in [6.45, 7) is 24.8. The molecular weight excluding hydrogens is 551 g/mol. The quantitative estimate of drug-likeness (QED) is 0.0450. The monoisotopic (exact) mass is 613 g/mol. The standard InChI is InChI=1S/C31H63NO5Si3/c1-12-14-17-20-26(32-34-13-2)23-24-28-27(21-18-15-16-19-22-31(33)37-40(9,10)11)29(35-38(3,4)5)25-30(28)36-39(6,7)8/h15,18,27-30H,12-14,16-17,19-25H2,1-11H3/b18-15-,32-26-/t27-,28-,29+,30-/m1/s1. The Morgan fingerprint density at radius 2 is 1.40 bits per heavy atom. The van der Waals surface area contributed by atoms with Crippen LogP contribution in [-0.4, -0.2) is 55.4 Å². The predicted octanol–water partition coefficient (Wildman–Crippen LogP) is 9.31. The molecule has 1 aliphatic carbocycles. The number of rotatable bonds is 20. The summed E-state index contributed by atoms with van der Waals surface area (Å²) in [5.74, 6) is 0.800. The van der Waals surface area contributed by atoms with Gasteiger partial charge < -0.3 is 18.1 Å². The molecule has 0 N–H and O–H groups in total. The van der Waals surface area contributed by atoms with Crippen molar-refractivity contribution < 1.29 is 22.9 Å². The SMILES string of the molecule is CCCCC/C(CC[C@@H]1[C@@H](C/C=C\CCCC(=O)O[Si](C)(C)C)[C@@H](O[Si](C)(C)C)C[C@H]1O[Si](C)(C)C)=N/OCC. The molecule has 0 bridgehead atoms. The second-order valence-corrected chi connectivity index (χ2v) is 27.7. The highest BCUT2D eigenvalue weighted by Gasteiger charge is 2.46. The van der Waals surface area contributed by atoms with E-state index in [9.17, 15) is 4.79 Å². The van der Waals surface area contributed by atoms with Crippen LogP contribution in [0.3, 0.4) is 0 Å². The molecule has 0 aliphatic heterocycles. The Bertz CT molecular complexity index is 783. The summed E-state index contributed by atoms with van der Waals surface area (Å²) in [7, 11) is -5.25. The van der Waals surface area contributed by atoms with Gasteiger partial charge in [0.25, 0.3) is 5.97 Å². The first-order chi connectivity index (χ1) is 18.5. The lowest BCUT2D eigenvalue weighted by Crippen LogP contribution is -2.35. The maximum Gasteiger partial charge on any atom is 0.292 e. The number of carbonyl (C=O) groups excluding carboxylic acids is 1. The molecule has 40 heavy (non-hydrogen) atoms. The Balaban J connectivity index is 3.01. The highest BCUT2D eigenvalue weighted by Crippen LogP contribution is 2.43. The predicted molar refractivity (Wildman–Crippen MR) is 178 cm³/mol. The first kappa shape index (κ1) is 37.3. The van der Waals surface area contributed by atoms with Gasteiger partial charge in [0.2, 0.25) is 8.32 Å². The lowest BCUT2D eigenvalue weighted by Gasteiger charge is -2.31. The van der Waals surface area contributed by atoms with E-state index in [-0.39, 0.29) is 18.2 Å². The van der Waals surface area contributed by atoms with Gasteiger partial charge in [0.15, 0.2) is 16.6 Å². The highest BCUT2D eigenvalue weighted by molar-refractivity contribution is 6.71. The van der Waals surface area contributed by atoms with Crippen molar-refractivity contribution in [3.05, 3.63) is 12.2 Å². The summed E-state index contributed by atoms with van der Waals surface area (Å²) in [6, 6.07) is 0. The zero-order valence-corrected chi connectivity index (χ0v) is 30.9. The molecule has 0 amide bonds. The Kier molecular flexibility index (Phi) is 16.8. The fraction of sp³-hybridized carbons (Fsp3) is 0.871. The summed E-state index contributed by atoms with van der Waals surface area (Å²) >= 11 is 0. The number of nitrogens with zero attached hydrogens (tertiary/aromatic N) is 1. The molecule has 0 unspecified atom stereocenters. The zero-order chi connectivity index (χ0) is 30.4. The fourth-order valence-electron chi connectivity index (χ4n) is 5.45. The van der Waals surface area contributed by atoms with E-state index in [2.05, 4.69) is 83.2 Å². The van der Waals surface area contributed by atoms with Crippen molar-refractivity contribution >= 4 is 36.6 Å². The van der Waals surface area contributed by atoms with Gasteiger partial charge in [0.1, 0.15) is 6.61 Å². The van der Waals surface area contributed by atoms with Crippen molar-refractivity contribution in [3.63, 3.8) is 0 Å². The van der Waals surface area contributed by atoms with Gasteiger partial charge in [0.05, 0.1) is 17.9 Å². The Hall–Kier alpha value is -0.749. The zero-order valence-electron chi connectivity index (χ0n) is 27.9. The molecule has 9 heteroatoms. The van der Waals surface area contributed by atoms with E-state index >= 15 is 0 Å². The normalized spacial score (nSPS) is 22.7. The van der Waals surface area contributed by atoms with Gasteiger partial charge in [-0.1, -0.05) is 37.1 Å². The highest BCUT2D eigenvalue weighted by atomic mass is 28.4. The van der Waals surface area contributed by atoms with E-state index in [0.29, 0.717) is 24.9 Å². The van der Waals surface area contributed by atoms with Crippen LogP contribution in [-0.2, 0) is 22.9 Å². The van der Waals surface area contributed by atoms with Gasteiger partial charge in [-0.05, 0) is 129 Å². The number of oxime groups is 1. The molecule has 234 valence electrons. The average molecular weight is 614 g/mol. The maximum absolute atomic E-state index is 12.1. The minimum Gasteiger partial charge on any atom is -0.520 e. The molecule has 1 saturated carbocycles. The molecular formula is C31H63NO5Si3. The molecule has 0 saturated heterocycles. The molecule has 1 aliphatic rings. The van der Waals surface area contributed by atoms with Gasteiger partial charge in [-0.3, -0.25) is 4.79 Å². The summed E-state index contributed by atoms with van der Waals surface area (Å²) in [6.07, 6.45) is 15.9. The van der Waals surface area contributed by atoms with Crippen LogP contribution < -0.4 is 0 Å². The second kappa shape index (κ2) is 18.0.